The van der Waals surface area contributed by atoms with E-state index in [1.807, 2.05) is 37.3 Å². The summed E-state index contributed by atoms with van der Waals surface area (Å²) >= 11 is 0. The van der Waals surface area contributed by atoms with Crippen molar-refractivity contribution in [2.24, 2.45) is 5.10 Å². The van der Waals surface area contributed by atoms with Crippen LogP contribution < -0.4 is 5.56 Å². The fourth-order valence-corrected chi connectivity index (χ4v) is 2.01. The van der Waals surface area contributed by atoms with Crippen molar-refractivity contribution in [3.63, 3.8) is 0 Å². The van der Waals surface area contributed by atoms with Crippen molar-refractivity contribution < 1.29 is 0 Å². The molecule has 0 atom stereocenters. The molecule has 0 fully saturated rings. The topological polar surface area (TPSA) is 58.1 Å². The summed E-state index contributed by atoms with van der Waals surface area (Å²) in [5.74, 6) is 0. The van der Waals surface area contributed by atoms with E-state index in [1.54, 1.807) is 26.1 Å². The first kappa shape index (κ1) is 13.8. The van der Waals surface area contributed by atoms with Crippen molar-refractivity contribution in [3.05, 3.63) is 68.6 Å². The standard InChI is InChI=1S/C16H15N3O/c1-11-6-4-5-7-14(11)10-18-19-13(3)8-12(2)15(9-17)16(19)20/h4-8,10H,1-3H3/b18-10+. The van der Waals surface area contributed by atoms with Crippen molar-refractivity contribution in [2.45, 2.75) is 20.8 Å². The van der Waals surface area contributed by atoms with Crippen LogP contribution in [0.3, 0.4) is 0 Å². The Morgan fingerprint density at radius 3 is 2.55 bits per heavy atom. The van der Waals surface area contributed by atoms with Gasteiger partial charge in [-0.15, -0.1) is 0 Å². The summed E-state index contributed by atoms with van der Waals surface area (Å²) in [5.41, 5.74) is 3.16. The van der Waals surface area contributed by atoms with Crippen LogP contribution in [0.4, 0.5) is 0 Å². The molecule has 4 nitrogen and oxygen atoms in total. The van der Waals surface area contributed by atoms with Gasteiger partial charge in [0.05, 0.1) is 6.21 Å². The van der Waals surface area contributed by atoms with E-state index in [9.17, 15) is 4.79 Å². The second-order valence-corrected chi connectivity index (χ2v) is 4.67. The average Bonchev–Trinajstić information content (AvgIpc) is 2.40. The van der Waals surface area contributed by atoms with Gasteiger partial charge in [-0.25, -0.2) is 4.68 Å². The highest BCUT2D eigenvalue weighted by atomic mass is 16.1. The lowest BCUT2D eigenvalue weighted by Crippen LogP contribution is -2.22. The summed E-state index contributed by atoms with van der Waals surface area (Å²) in [6.07, 6.45) is 1.64. The third-order valence-electron chi connectivity index (χ3n) is 3.17. The molecular weight excluding hydrogens is 250 g/mol. The van der Waals surface area contributed by atoms with Gasteiger partial charge >= 0.3 is 0 Å². The van der Waals surface area contributed by atoms with Gasteiger partial charge in [0, 0.05) is 5.69 Å². The monoisotopic (exact) mass is 265 g/mol. The molecule has 0 amide bonds. The van der Waals surface area contributed by atoms with Crippen LogP contribution in [0.5, 0.6) is 0 Å². The highest BCUT2D eigenvalue weighted by Gasteiger charge is 2.08. The van der Waals surface area contributed by atoms with Crippen LogP contribution in [-0.4, -0.2) is 10.9 Å². The fraction of sp³-hybridized carbons (Fsp3) is 0.188. The molecule has 0 unspecified atom stereocenters. The Bertz CT molecular complexity index is 779. The molecule has 0 aliphatic heterocycles. The van der Waals surface area contributed by atoms with Gasteiger partial charge in [-0.3, -0.25) is 4.79 Å². The highest BCUT2D eigenvalue weighted by molar-refractivity contribution is 5.81. The zero-order chi connectivity index (χ0) is 14.7. The van der Waals surface area contributed by atoms with Crippen molar-refractivity contribution in [1.29, 1.82) is 5.26 Å². The molecule has 0 saturated carbocycles. The van der Waals surface area contributed by atoms with Gasteiger partial charge < -0.3 is 0 Å². The second kappa shape index (κ2) is 5.54. The van der Waals surface area contributed by atoms with E-state index >= 15 is 0 Å². The van der Waals surface area contributed by atoms with Crippen molar-refractivity contribution >= 4 is 6.21 Å². The summed E-state index contributed by atoms with van der Waals surface area (Å²) < 4.78 is 1.26. The Hall–Kier alpha value is -2.67. The van der Waals surface area contributed by atoms with Crippen molar-refractivity contribution in [2.75, 3.05) is 0 Å². The molecule has 0 aliphatic rings. The van der Waals surface area contributed by atoms with Gasteiger partial charge in [-0.1, -0.05) is 24.3 Å². The van der Waals surface area contributed by atoms with Gasteiger partial charge in [0.2, 0.25) is 0 Å². The van der Waals surface area contributed by atoms with Crippen LogP contribution in [0.25, 0.3) is 0 Å². The number of nitrogens with zero attached hydrogens (tertiary/aromatic N) is 3. The van der Waals surface area contributed by atoms with Crippen LogP contribution in [0, 0.1) is 32.1 Å². The minimum Gasteiger partial charge on any atom is -0.266 e. The fourth-order valence-electron chi connectivity index (χ4n) is 2.01. The number of hydrogen-bond donors (Lipinski definition) is 0. The molecule has 0 spiro atoms. The van der Waals surface area contributed by atoms with Crippen LogP contribution in [0.1, 0.15) is 27.9 Å². The third kappa shape index (κ3) is 2.52. The van der Waals surface area contributed by atoms with Crippen LogP contribution in [-0.2, 0) is 0 Å². The lowest BCUT2D eigenvalue weighted by atomic mass is 10.1. The average molecular weight is 265 g/mol. The Balaban J connectivity index is 2.53. The molecule has 0 N–H and O–H groups in total. The number of nitriles is 1. The maximum Gasteiger partial charge on any atom is 0.289 e. The van der Waals surface area contributed by atoms with E-state index < -0.39 is 0 Å². The van der Waals surface area contributed by atoms with Crippen molar-refractivity contribution in [3.8, 4) is 6.07 Å². The molecule has 2 aromatic rings. The minimum atomic E-state index is -0.380. The molecule has 1 heterocycles. The molecule has 0 aliphatic carbocycles. The molecule has 0 bridgehead atoms. The molecular formula is C16H15N3O. The predicted molar refractivity (Wildman–Crippen MR) is 79.1 cm³/mol. The van der Waals surface area contributed by atoms with E-state index in [4.69, 9.17) is 5.26 Å². The summed E-state index contributed by atoms with van der Waals surface area (Å²) in [7, 11) is 0. The van der Waals surface area contributed by atoms with E-state index in [-0.39, 0.29) is 11.1 Å². The number of aromatic nitrogens is 1. The summed E-state index contributed by atoms with van der Waals surface area (Å²) in [5, 5.41) is 13.2. The largest absolute Gasteiger partial charge is 0.289 e. The smallest absolute Gasteiger partial charge is 0.266 e. The minimum absolute atomic E-state index is 0.137. The highest BCUT2D eigenvalue weighted by Crippen LogP contribution is 2.07. The SMILES string of the molecule is Cc1ccccc1/C=N/n1c(C)cc(C)c(C#N)c1=O. The number of rotatable bonds is 2. The molecule has 20 heavy (non-hydrogen) atoms. The summed E-state index contributed by atoms with van der Waals surface area (Å²) in [6, 6.07) is 11.5. The predicted octanol–water partition coefficient (Wildman–Crippen LogP) is 2.53. The lowest BCUT2D eigenvalue weighted by Gasteiger charge is -2.06. The first-order chi connectivity index (χ1) is 9.54. The number of hydrogen-bond acceptors (Lipinski definition) is 3. The normalized spacial score (nSPS) is 10.7. The number of pyridine rings is 1. The Morgan fingerprint density at radius 1 is 1.20 bits per heavy atom. The van der Waals surface area contributed by atoms with Gasteiger partial charge in [-0.2, -0.15) is 10.4 Å². The zero-order valence-corrected chi connectivity index (χ0v) is 11.7. The molecule has 2 rings (SSSR count). The van der Waals surface area contributed by atoms with E-state index in [0.29, 0.717) is 11.3 Å². The molecule has 100 valence electrons. The molecule has 4 heteroatoms. The Kier molecular flexibility index (Phi) is 3.81. The van der Waals surface area contributed by atoms with Gasteiger partial charge in [0.25, 0.3) is 5.56 Å². The second-order valence-electron chi connectivity index (χ2n) is 4.67. The van der Waals surface area contributed by atoms with Crippen LogP contribution >= 0.6 is 0 Å². The van der Waals surface area contributed by atoms with E-state index in [0.717, 1.165) is 11.1 Å². The van der Waals surface area contributed by atoms with Gasteiger partial charge in [-0.05, 0) is 43.5 Å². The molecule has 1 aromatic carbocycles. The molecule has 0 radical (unpaired) electrons. The first-order valence-corrected chi connectivity index (χ1v) is 6.28. The van der Waals surface area contributed by atoms with E-state index in [2.05, 4.69) is 5.10 Å². The number of benzene rings is 1. The van der Waals surface area contributed by atoms with Crippen LogP contribution in [0.15, 0.2) is 40.2 Å². The van der Waals surface area contributed by atoms with Gasteiger partial charge in [0.1, 0.15) is 11.6 Å². The quantitative estimate of drug-likeness (QED) is 0.783. The first-order valence-electron chi connectivity index (χ1n) is 6.28. The lowest BCUT2D eigenvalue weighted by molar-refractivity contribution is 0.786. The maximum atomic E-state index is 12.2. The summed E-state index contributed by atoms with van der Waals surface area (Å²) in [6.45, 7) is 5.53. The summed E-state index contributed by atoms with van der Waals surface area (Å²) in [4.78, 5) is 12.2. The molecule has 0 saturated heterocycles. The van der Waals surface area contributed by atoms with E-state index in [1.165, 1.54) is 4.68 Å². The Labute approximate surface area is 117 Å². The maximum absolute atomic E-state index is 12.2. The zero-order valence-electron chi connectivity index (χ0n) is 11.7. The van der Waals surface area contributed by atoms with Gasteiger partial charge in [0.15, 0.2) is 0 Å². The third-order valence-corrected chi connectivity index (χ3v) is 3.17. The molecule has 1 aromatic heterocycles. The van der Waals surface area contributed by atoms with Crippen molar-refractivity contribution in [1.82, 2.24) is 4.68 Å². The Morgan fingerprint density at radius 2 is 1.90 bits per heavy atom. The van der Waals surface area contributed by atoms with Crippen LogP contribution in [0.2, 0.25) is 0 Å². The number of aryl methyl sites for hydroxylation is 3.